The molecule has 0 bridgehead atoms. The fourth-order valence-electron chi connectivity index (χ4n) is 2.62. The van der Waals surface area contributed by atoms with Crippen LogP contribution in [0.4, 0.5) is 4.39 Å². The first-order chi connectivity index (χ1) is 12.5. The number of H-pyrrole nitrogens is 1. The molecule has 0 atom stereocenters. The zero-order chi connectivity index (χ0) is 18.8. The van der Waals surface area contributed by atoms with Crippen molar-refractivity contribution in [3.63, 3.8) is 0 Å². The number of halogens is 1. The minimum atomic E-state index is -0.864. The van der Waals surface area contributed by atoms with Crippen molar-refractivity contribution in [1.82, 2.24) is 25.1 Å². The minimum Gasteiger partial charge on any atom is -0.395 e. The highest BCUT2D eigenvalue weighted by atomic mass is 19.1. The molecule has 3 aromatic heterocycles. The fraction of sp³-hybridized carbons (Fsp3) is 0.188. The number of carbonyl (C=O) groups excluding carboxylic acids is 3. The highest BCUT2D eigenvalue weighted by Gasteiger charge is 2.21. The van der Waals surface area contributed by atoms with E-state index in [-0.39, 0.29) is 53.0 Å². The first kappa shape index (κ1) is 17.4. The van der Waals surface area contributed by atoms with Crippen LogP contribution in [0.15, 0.2) is 18.5 Å². The summed E-state index contributed by atoms with van der Waals surface area (Å²) in [5.74, 6) is -2.06. The van der Waals surface area contributed by atoms with E-state index in [1.165, 1.54) is 16.9 Å². The SMILES string of the molecule is Cn1nc(-c2ncc(F)c3c(C(=O)C=O)c[nH]c23)cc1C(=O)NCCO. The lowest BCUT2D eigenvalue weighted by Crippen LogP contribution is -2.28. The van der Waals surface area contributed by atoms with Crippen molar-refractivity contribution >= 4 is 28.9 Å². The smallest absolute Gasteiger partial charge is 0.269 e. The third-order valence-corrected chi connectivity index (χ3v) is 3.79. The van der Waals surface area contributed by atoms with Crippen LogP contribution in [0.1, 0.15) is 20.8 Å². The van der Waals surface area contributed by atoms with Crippen LogP contribution in [0.5, 0.6) is 0 Å². The number of ketones is 1. The van der Waals surface area contributed by atoms with Crippen molar-refractivity contribution < 1.29 is 23.9 Å². The monoisotopic (exact) mass is 359 g/mol. The van der Waals surface area contributed by atoms with Crippen molar-refractivity contribution in [2.24, 2.45) is 7.05 Å². The Bertz CT molecular complexity index is 1020. The number of Topliss-reactive ketones (excluding diaryl/α,β-unsaturated/α-hetero) is 1. The van der Waals surface area contributed by atoms with Crippen LogP contribution < -0.4 is 5.32 Å². The first-order valence-corrected chi connectivity index (χ1v) is 7.56. The summed E-state index contributed by atoms with van der Waals surface area (Å²) >= 11 is 0. The molecule has 3 aromatic rings. The summed E-state index contributed by atoms with van der Waals surface area (Å²) in [6.45, 7) is -0.112. The van der Waals surface area contributed by atoms with E-state index in [0.717, 1.165) is 6.20 Å². The number of aliphatic hydroxyl groups is 1. The Kier molecular flexibility index (Phi) is 4.59. The lowest BCUT2D eigenvalue weighted by atomic mass is 10.1. The van der Waals surface area contributed by atoms with Crippen LogP contribution in [0, 0.1) is 5.82 Å². The van der Waals surface area contributed by atoms with Gasteiger partial charge in [-0.05, 0) is 6.07 Å². The second-order valence-corrected chi connectivity index (χ2v) is 5.41. The van der Waals surface area contributed by atoms with Crippen molar-refractivity contribution in [3.8, 4) is 11.4 Å². The number of fused-ring (bicyclic) bond motifs is 1. The van der Waals surface area contributed by atoms with Gasteiger partial charge < -0.3 is 15.4 Å². The number of aliphatic hydroxyl groups excluding tert-OH is 1. The van der Waals surface area contributed by atoms with E-state index in [4.69, 9.17) is 5.11 Å². The van der Waals surface area contributed by atoms with Crippen LogP contribution in [-0.2, 0) is 11.8 Å². The Morgan fingerprint density at radius 2 is 2.23 bits per heavy atom. The summed E-state index contributed by atoms with van der Waals surface area (Å²) in [6, 6.07) is 1.45. The molecule has 0 aromatic carbocycles. The van der Waals surface area contributed by atoms with Crippen LogP contribution >= 0.6 is 0 Å². The predicted octanol–water partition coefficient (Wildman–Crippen LogP) is 0.206. The maximum Gasteiger partial charge on any atom is 0.269 e. The third kappa shape index (κ3) is 2.86. The summed E-state index contributed by atoms with van der Waals surface area (Å²) in [6.07, 6.45) is 2.26. The van der Waals surface area contributed by atoms with Gasteiger partial charge in [0.1, 0.15) is 17.1 Å². The number of aldehydes is 1. The molecule has 3 heterocycles. The van der Waals surface area contributed by atoms with Gasteiger partial charge in [-0.2, -0.15) is 5.10 Å². The quantitative estimate of drug-likeness (QED) is 0.328. The standard InChI is InChI=1S/C16H14FN5O4/c1-22-11(16(26)18-2-3-23)4-10(21-22)14-15-13(9(17)6-20-14)8(5-19-15)12(25)7-24/h4-7,19,23H,2-3H2,1H3,(H,18,26). The molecule has 0 aliphatic rings. The molecule has 0 fully saturated rings. The second-order valence-electron chi connectivity index (χ2n) is 5.41. The molecule has 0 spiro atoms. The van der Waals surface area contributed by atoms with E-state index >= 15 is 0 Å². The predicted molar refractivity (Wildman–Crippen MR) is 88.1 cm³/mol. The fourth-order valence-corrected chi connectivity index (χ4v) is 2.62. The molecule has 0 aliphatic heterocycles. The van der Waals surface area contributed by atoms with E-state index in [9.17, 15) is 18.8 Å². The number of aromatic amines is 1. The van der Waals surface area contributed by atoms with Gasteiger partial charge in [-0.25, -0.2) is 9.37 Å². The molecule has 10 heteroatoms. The molecule has 3 N–H and O–H groups in total. The van der Waals surface area contributed by atoms with Gasteiger partial charge in [0.15, 0.2) is 12.1 Å². The number of aryl methyl sites for hydroxylation is 1. The second kappa shape index (κ2) is 6.84. The average Bonchev–Trinajstić information content (AvgIpc) is 3.24. The van der Waals surface area contributed by atoms with Crippen LogP contribution in [-0.4, -0.2) is 56.0 Å². The number of nitrogens with one attached hydrogen (secondary N) is 2. The third-order valence-electron chi connectivity index (χ3n) is 3.79. The topological polar surface area (TPSA) is 130 Å². The number of pyridine rings is 1. The average molecular weight is 359 g/mol. The van der Waals surface area contributed by atoms with E-state index in [1.807, 2.05) is 0 Å². The molecule has 9 nitrogen and oxygen atoms in total. The molecule has 0 saturated carbocycles. The number of hydrogen-bond donors (Lipinski definition) is 3. The van der Waals surface area contributed by atoms with E-state index < -0.39 is 17.5 Å². The zero-order valence-corrected chi connectivity index (χ0v) is 13.6. The molecule has 134 valence electrons. The highest BCUT2D eigenvalue weighted by molar-refractivity contribution is 6.36. The van der Waals surface area contributed by atoms with Crippen molar-refractivity contribution in [1.29, 1.82) is 0 Å². The lowest BCUT2D eigenvalue weighted by Gasteiger charge is -2.01. The summed E-state index contributed by atoms with van der Waals surface area (Å²) in [7, 11) is 1.55. The Labute approximate surface area is 145 Å². The van der Waals surface area contributed by atoms with Gasteiger partial charge in [0.05, 0.1) is 29.3 Å². The van der Waals surface area contributed by atoms with Crippen LogP contribution in [0.25, 0.3) is 22.3 Å². The first-order valence-electron chi connectivity index (χ1n) is 7.56. The summed E-state index contributed by atoms with van der Waals surface area (Å²) in [5.41, 5.74) is 0.800. The molecule has 0 saturated heterocycles. The Morgan fingerprint density at radius 1 is 1.46 bits per heavy atom. The van der Waals surface area contributed by atoms with Crippen molar-refractivity contribution in [2.45, 2.75) is 0 Å². The summed E-state index contributed by atoms with van der Waals surface area (Å²) in [5, 5.41) is 15.4. The highest BCUT2D eigenvalue weighted by Crippen LogP contribution is 2.29. The minimum absolute atomic E-state index is 0.0657. The molecule has 3 rings (SSSR count). The summed E-state index contributed by atoms with van der Waals surface area (Å²) in [4.78, 5) is 41.2. The number of amides is 1. The molecule has 0 aliphatic carbocycles. The van der Waals surface area contributed by atoms with Gasteiger partial charge in [-0.15, -0.1) is 0 Å². The molecule has 0 unspecified atom stereocenters. The van der Waals surface area contributed by atoms with Gasteiger partial charge in [-0.1, -0.05) is 0 Å². The molecular weight excluding hydrogens is 345 g/mol. The van der Waals surface area contributed by atoms with Gasteiger partial charge in [0.25, 0.3) is 5.91 Å². The van der Waals surface area contributed by atoms with Gasteiger partial charge in [-0.3, -0.25) is 19.1 Å². The number of nitrogens with zero attached hydrogens (tertiary/aromatic N) is 3. The number of hydrogen-bond acceptors (Lipinski definition) is 6. The Hall–Kier alpha value is -3.40. The van der Waals surface area contributed by atoms with Gasteiger partial charge in [0.2, 0.25) is 5.78 Å². The molecule has 0 radical (unpaired) electrons. The van der Waals surface area contributed by atoms with E-state index in [1.54, 1.807) is 7.05 Å². The number of carbonyl (C=O) groups is 3. The van der Waals surface area contributed by atoms with Crippen molar-refractivity contribution in [2.75, 3.05) is 13.2 Å². The molecule has 1 amide bonds. The van der Waals surface area contributed by atoms with Gasteiger partial charge >= 0.3 is 0 Å². The van der Waals surface area contributed by atoms with Crippen LogP contribution in [0.2, 0.25) is 0 Å². The Balaban J connectivity index is 2.11. The summed E-state index contributed by atoms with van der Waals surface area (Å²) < 4.78 is 15.5. The Morgan fingerprint density at radius 3 is 2.92 bits per heavy atom. The van der Waals surface area contributed by atoms with Gasteiger partial charge in [0, 0.05) is 19.8 Å². The molecular formula is C16H14FN5O4. The molecule has 26 heavy (non-hydrogen) atoms. The number of aromatic nitrogens is 4. The lowest BCUT2D eigenvalue weighted by molar-refractivity contribution is -0.104. The maximum absolute atomic E-state index is 14.2. The normalized spacial score (nSPS) is 10.9. The largest absolute Gasteiger partial charge is 0.395 e. The number of rotatable bonds is 6. The van der Waals surface area contributed by atoms with E-state index in [0.29, 0.717) is 0 Å². The van der Waals surface area contributed by atoms with Crippen LogP contribution in [0.3, 0.4) is 0 Å². The maximum atomic E-state index is 14.2. The van der Waals surface area contributed by atoms with E-state index in [2.05, 4.69) is 20.4 Å². The zero-order valence-electron chi connectivity index (χ0n) is 13.6. The van der Waals surface area contributed by atoms with Crippen molar-refractivity contribution in [3.05, 3.63) is 35.5 Å².